The molecular formula is C20H23ClN2. The Morgan fingerprint density at radius 3 is 2.65 bits per heavy atom. The van der Waals surface area contributed by atoms with Crippen molar-refractivity contribution >= 4 is 17.2 Å². The molecule has 0 saturated heterocycles. The van der Waals surface area contributed by atoms with Crippen LogP contribution in [0.25, 0.3) is 5.57 Å². The van der Waals surface area contributed by atoms with E-state index in [1.54, 1.807) is 6.33 Å². The van der Waals surface area contributed by atoms with Gasteiger partial charge >= 0.3 is 0 Å². The van der Waals surface area contributed by atoms with E-state index in [0.717, 1.165) is 30.7 Å². The number of allylic oxidation sites excluding steroid dienone is 2. The van der Waals surface area contributed by atoms with Crippen LogP contribution in [0.5, 0.6) is 0 Å². The predicted octanol–water partition coefficient (Wildman–Crippen LogP) is 5.29. The summed E-state index contributed by atoms with van der Waals surface area (Å²) in [5.41, 5.74) is 6.41. The van der Waals surface area contributed by atoms with Gasteiger partial charge in [0.2, 0.25) is 0 Å². The summed E-state index contributed by atoms with van der Waals surface area (Å²) in [5.74, 6) is 0.624. The number of benzene rings is 1. The van der Waals surface area contributed by atoms with E-state index in [0.29, 0.717) is 5.92 Å². The molecule has 0 spiro atoms. The maximum absolute atomic E-state index is 5.94. The maximum Gasteiger partial charge on any atom is 0.115 e. The number of rotatable bonds is 5. The molecule has 1 heterocycles. The summed E-state index contributed by atoms with van der Waals surface area (Å²) in [4.78, 5) is 9.10. The van der Waals surface area contributed by atoms with Crippen molar-refractivity contribution in [3.8, 4) is 0 Å². The van der Waals surface area contributed by atoms with Crippen molar-refractivity contribution in [1.29, 1.82) is 0 Å². The lowest BCUT2D eigenvalue weighted by Gasteiger charge is -2.22. The highest BCUT2D eigenvalue weighted by atomic mass is 35.5. The third kappa shape index (κ3) is 3.81. The minimum absolute atomic E-state index is 0.624. The molecule has 0 saturated carbocycles. The summed E-state index contributed by atoms with van der Waals surface area (Å²) in [7, 11) is 0. The van der Waals surface area contributed by atoms with Crippen LogP contribution >= 0.6 is 11.6 Å². The molecule has 1 aliphatic carbocycles. The first kappa shape index (κ1) is 16.2. The van der Waals surface area contributed by atoms with Crippen LogP contribution in [-0.4, -0.2) is 9.97 Å². The van der Waals surface area contributed by atoms with Gasteiger partial charge in [-0.1, -0.05) is 36.7 Å². The van der Waals surface area contributed by atoms with Crippen LogP contribution in [0.15, 0.2) is 36.7 Å². The van der Waals surface area contributed by atoms with Gasteiger partial charge in [-0.15, -0.1) is 0 Å². The quantitative estimate of drug-likeness (QED) is 0.746. The van der Waals surface area contributed by atoms with Crippen LogP contribution in [0.2, 0.25) is 5.02 Å². The van der Waals surface area contributed by atoms with E-state index in [2.05, 4.69) is 42.0 Å². The SMILES string of the molecule is CCC1C=C(C)c2c(CCCc3ccc(Cl)cc3)ncnc2C1. The molecule has 2 nitrogen and oxygen atoms in total. The molecule has 1 atom stereocenters. The van der Waals surface area contributed by atoms with Crippen LogP contribution in [0, 0.1) is 5.92 Å². The number of aromatic nitrogens is 2. The number of hydrogen-bond donors (Lipinski definition) is 0. The van der Waals surface area contributed by atoms with Gasteiger partial charge in [0, 0.05) is 10.6 Å². The van der Waals surface area contributed by atoms with Crippen LogP contribution in [0.4, 0.5) is 0 Å². The smallest absolute Gasteiger partial charge is 0.115 e. The van der Waals surface area contributed by atoms with Crippen LogP contribution in [0.3, 0.4) is 0 Å². The van der Waals surface area contributed by atoms with Gasteiger partial charge in [0.25, 0.3) is 0 Å². The molecule has 23 heavy (non-hydrogen) atoms. The summed E-state index contributed by atoms with van der Waals surface area (Å²) in [6.07, 6.45) is 9.50. The summed E-state index contributed by atoms with van der Waals surface area (Å²) < 4.78 is 0. The lowest BCUT2D eigenvalue weighted by atomic mass is 9.85. The van der Waals surface area contributed by atoms with E-state index in [1.165, 1.54) is 34.5 Å². The summed E-state index contributed by atoms with van der Waals surface area (Å²) in [6, 6.07) is 8.13. The van der Waals surface area contributed by atoms with E-state index in [-0.39, 0.29) is 0 Å². The van der Waals surface area contributed by atoms with Gasteiger partial charge in [0.05, 0.1) is 11.4 Å². The molecule has 3 heteroatoms. The van der Waals surface area contributed by atoms with Crippen molar-refractivity contribution in [2.75, 3.05) is 0 Å². The summed E-state index contributed by atoms with van der Waals surface area (Å²) >= 11 is 5.94. The Balaban J connectivity index is 1.71. The Kier molecular flexibility index (Phi) is 5.12. The molecule has 0 amide bonds. The fourth-order valence-corrected chi connectivity index (χ4v) is 3.51. The molecule has 0 N–H and O–H groups in total. The lowest BCUT2D eigenvalue weighted by Crippen LogP contribution is -2.14. The normalized spacial score (nSPS) is 16.8. The Bertz CT molecular complexity index is 704. The second-order valence-corrected chi connectivity index (χ2v) is 6.78. The molecule has 1 unspecified atom stereocenters. The van der Waals surface area contributed by atoms with Gasteiger partial charge in [-0.25, -0.2) is 9.97 Å². The fraction of sp³-hybridized carbons (Fsp3) is 0.400. The van der Waals surface area contributed by atoms with Crippen molar-refractivity contribution in [2.45, 2.75) is 46.0 Å². The average molecular weight is 327 g/mol. The molecule has 1 aromatic heterocycles. The zero-order valence-corrected chi connectivity index (χ0v) is 14.6. The van der Waals surface area contributed by atoms with Crippen LogP contribution < -0.4 is 0 Å². The van der Waals surface area contributed by atoms with Gasteiger partial charge in [-0.05, 0) is 68.2 Å². The van der Waals surface area contributed by atoms with Crippen LogP contribution in [0.1, 0.15) is 49.2 Å². The molecule has 120 valence electrons. The first-order chi connectivity index (χ1) is 11.2. The maximum atomic E-state index is 5.94. The van der Waals surface area contributed by atoms with E-state index < -0.39 is 0 Å². The first-order valence-electron chi connectivity index (χ1n) is 8.43. The Morgan fingerprint density at radius 1 is 1.13 bits per heavy atom. The Labute approximate surface area is 143 Å². The third-order valence-corrected chi connectivity index (χ3v) is 4.91. The fourth-order valence-electron chi connectivity index (χ4n) is 3.38. The largest absolute Gasteiger partial charge is 0.241 e. The van der Waals surface area contributed by atoms with Gasteiger partial charge in [-0.3, -0.25) is 0 Å². The highest BCUT2D eigenvalue weighted by Crippen LogP contribution is 2.31. The van der Waals surface area contributed by atoms with Gasteiger partial charge in [-0.2, -0.15) is 0 Å². The monoisotopic (exact) mass is 326 g/mol. The zero-order valence-electron chi connectivity index (χ0n) is 13.8. The minimum Gasteiger partial charge on any atom is -0.241 e. The Hall–Kier alpha value is -1.67. The molecule has 3 rings (SSSR count). The second kappa shape index (κ2) is 7.27. The number of hydrogen-bond acceptors (Lipinski definition) is 2. The third-order valence-electron chi connectivity index (χ3n) is 4.66. The van der Waals surface area contributed by atoms with Crippen molar-refractivity contribution in [2.24, 2.45) is 5.92 Å². The van der Waals surface area contributed by atoms with E-state index in [9.17, 15) is 0 Å². The van der Waals surface area contributed by atoms with E-state index in [4.69, 9.17) is 11.6 Å². The molecular weight excluding hydrogens is 304 g/mol. The van der Waals surface area contributed by atoms with Gasteiger partial charge in [0.15, 0.2) is 0 Å². The highest BCUT2D eigenvalue weighted by molar-refractivity contribution is 6.30. The van der Waals surface area contributed by atoms with E-state index in [1.807, 2.05) is 12.1 Å². The van der Waals surface area contributed by atoms with Crippen molar-refractivity contribution < 1.29 is 0 Å². The highest BCUT2D eigenvalue weighted by Gasteiger charge is 2.20. The molecule has 0 aliphatic heterocycles. The first-order valence-corrected chi connectivity index (χ1v) is 8.81. The summed E-state index contributed by atoms with van der Waals surface area (Å²) in [6.45, 7) is 4.44. The van der Waals surface area contributed by atoms with Crippen molar-refractivity contribution in [3.63, 3.8) is 0 Å². The van der Waals surface area contributed by atoms with Crippen molar-refractivity contribution in [3.05, 3.63) is 64.2 Å². The standard InChI is InChI=1S/C20H23ClN2/c1-3-15-11-14(2)20-18(22-13-23-19(20)12-15)6-4-5-16-7-9-17(21)10-8-16/h7-11,13,15H,3-6,12H2,1-2H3. The van der Waals surface area contributed by atoms with Gasteiger partial charge < -0.3 is 0 Å². The average Bonchev–Trinajstić information content (AvgIpc) is 2.56. The van der Waals surface area contributed by atoms with Gasteiger partial charge in [0.1, 0.15) is 6.33 Å². The summed E-state index contributed by atoms with van der Waals surface area (Å²) in [5, 5.41) is 0.796. The number of halogens is 1. The minimum atomic E-state index is 0.624. The number of fused-ring (bicyclic) bond motifs is 1. The van der Waals surface area contributed by atoms with Crippen LogP contribution in [-0.2, 0) is 19.3 Å². The predicted molar refractivity (Wildman–Crippen MR) is 96.6 cm³/mol. The molecule has 1 aliphatic rings. The molecule has 1 aromatic carbocycles. The lowest BCUT2D eigenvalue weighted by molar-refractivity contribution is 0.602. The Morgan fingerprint density at radius 2 is 1.91 bits per heavy atom. The van der Waals surface area contributed by atoms with Crippen molar-refractivity contribution in [1.82, 2.24) is 9.97 Å². The number of nitrogens with zero attached hydrogens (tertiary/aromatic N) is 2. The molecule has 2 aromatic rings. The van der Waals surface area contributed by atoms with E-state index >= 15 is 0 Å². The topological polar surface area (TPSA) is 25.8 Å². The molecule has 0 bridgehead atoms. The second-order valence-electron chi connectivity index (χ2n) is 6.34. The number of aryl methyl sites for hydroxylation is 2. The zero-order chi connectivity index (χ0) is 16.2. The molecule has 0 fully saturated rings. The molecule has 0 radical (unpaired) electrons.